The number of phosphoric ester groups is 2. The molecule has 0 rings (SSSR count). The van der Waals surface area contributed by atoms with Crippen LogP contribution in [0.5, 0.6) is 0 Å². The molecule has 19 heteroatoms. The first kappa shape index (κ1) is 89.1. The van der Waals surface area contributed by atoms with Crippen molar-refractivity contribution >= 4 is 39.5 Å². The number of aliphatic hydroxyl groups is 1. The smallest absolute Gasteiger partial charge is 0.462 e. The van der Waals surface area contributed by atoms with Crippen LogP contribution in [-0.4, -0.2) is 96.7 Å². The summed E-state index contributed by atoms with van der Waals surface area (Å²) < 4.78 is 68.1. The van der Waals surface area contributed by atoms with Crippen LogP contribution in [0.3, 0.4) is 0 Å². The molecule has 0 amide bonds. The molecule has 540 valence electrons. The van der Waals surface area contributed by atoms with Crippen LogP contribution in [-0.2, 0) is 65.4 Å². The third-order valence-electron chi connectivity index (χ3n) is 16.7. The van der Waals surface area contributed by atoms with E-state index in [4.69, 9.17) is 37.0 Å². The van der Waals surface area contributed by atoms with Crippen LogP contribution in [0.15, 0.2) is 0 Å². The van der Waals surface area contributed by atoms with Gasteiger partial charge in [-0.05, 0) is 37.5 Å². The fourth-order valence-electron chi connectivity index (χ4n) is 10.9. The van der Waals surface area contributed by atoms with E-state index in [1.54, 1.807) is 0 Å². The van der Waals surface area contributed by atoms with E-state index in [0.29, 0.717) is 31.6 Å². The summed E-state index contributed by atoms with van der Waals surface area (Å²) in [6, 6.07) is 0. The summed E-state index contributed by atoms with van der Waals surface area (Å²) in [5, 5.41) is 10.6. The minimum absolute atomic E-state index is 0.101. The van der Waals surface area contributed by atoms with Crippen molar-refractivity contribution in [3.05, 3.63) is 0 Å². The minimum Gasteiger partial charge on any atom is -0.462 e. The predicted octanol–water partition coefficient (Wildman–Crippen LogP) is 20.8. The molecule has 3 N–H and O–H groups in total. The highest BCUT2D eigenvalue weighted by atomic mass is 31.2. The summed E-state index contributed by atoms with van der Waals surface area (Å²) in [6.45, 7) is 9.39. The average molecular weight is 1340 g/mol. The normalized spacial score (nSPS) is 14.1. The summed E-state index contributed by atoms with van der Waals surface area (Å²) in [6.07, 6.45) is 50.8. The zero-order chi connectivity index (χ0) is 67.2. The third kappa shape index (κ3) is 66.5. The van der Waals surface area contributed by atoms with E-state index < -0.39 is 97.5 Å². The number of rotatable bonds is 71. The summed E-state index contributed by atoms with van der Waals surface area (Å²) >= 11 is 0. The molecule has 0 spiro atoms. The Morgan fingerprint density at radius 1 is 0.297 bits per heavy atom. The Balaban J connectivity index is 5.11. The van der Waals surface area contributed by atoms with Gasteiger partial charge in [0.15, 0.2) is 12.2 Å². The molecule has 0 aromatic heterocycles. The van der Waals surface area contributed by atoms with Gasteiger partial charge in [-0.25, -0.2) is 9.13 Å². The minimum atomic E-state index is -4.95. The lowest BCUT2D eigenvalue weighted by molar-refractivity contribution is -0.161. The Hall–Kier alpha value is -1.94. The summed E-state index contributed by atoms with van der Waals surface area (Å²) in [5.74, 6) is -0.678. The van der Waals surface area contributed by atoms with E-state index in [1.165, 1.54) is 180 Å². The SMILES string of the molecule is CCCCCCCCCCCCCCCCCCCCCCCC(=O)O[C@H](COC(=O)CCCCCCCCCCCCCCCC(C)C)COP(=O)(O)OC[C@@H](O)COP(=O)(O)OC[C@@H](COC(=O)CCCCCCC)OC(=O)CCCCCCCCC(C)C. The average Bonchev–Trinajstić information content (AvgIpc) is 3.56. The number of esters is 4. The Morgan fingerprint density at radius 3 is 0.747 bits per heavy atom. The van der Waals surface area contributed by atoms with Crippen LogP contribution in [0.25, 0.3) is 0 Å². The molecule has 91 heavy (non-hydrogen) atoms. The molecule has 0 aromatic rings. The van der Waals surface area contributed by atoms with Crippen molar-refractivity contribution in [2.45, 2.75) is 387 Å². The van der Waals surface area contributed by atoms with E-state index in [1.807, 2.05) is 0 Å². The van der Waals surface area contributed by atoms with Crippen LogP contribution in [0, 0.1) is 11.8 Å². The van der Waals surface area contributed by atoms with Crippen molar-refractivity contribution in [1.82, 2.24) is 0 Å². The molecule has 0 aliphatic rings. The summed E-state index contributed by atoms with van der Waals surface area (Å²) in [5.41, 5.74) is 0. The van der Waals surface area contributed by atoms with Gasteiger partial charge in [0.25, 0.3) is 0 Å². The number of hydrogen-bond acceptors (Lipinski definition) is 15. The standard InChI is InChI=1S/C72H140O17P2/c1-7-9-11-13-14-15-16-17-18-19-20-21-22-23-24-27-31-34-37-44-50-56-71(76)88-68(61-83-70(75)55-49-43-36-33-30-28-25-26-29-32-35-41-46-52-64(3)4)63-87-91(80,81)85-59-66(73)58-84-90(78,79)86-62-67(60-82-69(74)54-48-40-12-10-8-2)89-72(77)57-51-45-39-38-42-47-53-65(5)6/h64-68,73H,7-63H2,1-6H3,(H,78,79)(H,80,81)/t66-,67+,68+/m0/s1. The van der Waals surface area contributed by atoms with Gasteiger partial charge in [-0.1, -0.05) is 318 Å². The van der Waals surface area contributed by atoms with Crippen molar-refractivity contribution in [2.75, 3.05) is 39.6 Å². The second kappa shape index (κ2) is 64.1. The largest absolute Gasteiger partial charge is 0.472 e. The van der Waals surface area contributed by atoms with Crippen molar-refractivity contribution in [3.63, 3.8) is 0 Å². The van der Waals surface area contributed by atoms with Gasteiger partial charge in [0, 0.05) is 25.7 Å². The van der Waals surface area contributed by atoms with Crippen molar-refractivity contribution < 1.29 is 80.2 Å². The highest BCUT2D eigenvalue weighted by Gasteiger charge is 2.30. The van der Waals surface area contributed by atoms with E-state index in [2.05, 4.69) is 41.5 Å². The van der Waals surface area contributed by atoms with Gasteiger partial charge in [0.1, 0.15) is 19.3 Å². The predicted molar refractivity (Wildman–Crippen MR) is 368 cm³/mol. The van der Waals surface area contributed by atoms with Gasteiger partial charge >= 0.3 is 39.5 Å². The summed E-state index contributed by atoms with van der Waals surface area (Å²) in [7, 11) is -9.89. The van der Waals surface area contributed by atoms with Crippen LogP contribution < -0.4 is 0 Å². The molecule has 0 saturated carbocycles. The molecule has 0 heterocycles. The molecule has 0 fully saturated rings. The zero-order valence-corrected chi connectivity index (χ0v) is 60.9. The maximum absolute atomic E-state index is 13.1. The number of unbranched alkanes of at least 4 members (excludes halogenated alkanes) is 41. The van der Waals surface area contributed by atoms with Gasteiger partial charge in [-0.15, -0.1) is 0 Å². The Labute approximate surface area is 556 Å². The first-order valence-corrected chi connectivity index (χ1v) is 40.5. The monoisotopic (exact) mass is 1340 g/mol. The molecule has 0 saturated heterocycles. The van der Waals surface area contributed by atoms with E-state index in [-0.39, 0.29) is 25.7 Å². The molecule has 2 unspecified atom stereocenters. The lowest BCUT2D eigenvalue weighted by Gasteiger charge is -2.21. The molecule has 0 aliphatic carbocycles. The Kier molecular flexibility index (Phi) is 62.7. The first-order valence-electron chi connectivity index (χ1n) is 37.5. The van der Waals surface area contributed by atoms with Crippen LogP contribution in [0.1, 0.15) is 369 Å². The van der Waals surface area contributed by atoms with Gasteiger partial charge in [0.2, 0.25) is 0 Å². The van der Waals surface area contributed by atoms with Crippen LogP contribution >= 0.6 is 15.6 Å². The molecule has 17 nitrogen and oxygen atoms in total. The van der Waals surface area contributed by atoms with Crippen molar-refractivity contribution in [1.29, 1.82) is 0 Å². The fraction of sp³-hybridized carbons (Fsp3) is 0.944. The molecule has 0 aromatic carbocycles. The highest BCUT2D eigenvalue weighted by Crippen LogP contribution is 2.45. The summed E-state index contributed by atoms with van der Waals surface area (Å²) in [4.78, 5) is 72.2. The zero-order valence-electron chi connectivity index (χ0n) is 59.1. The third-order valence-corrected chi connectivity index (χ3v) is 18.6. The second-order valence-corrected chi connectivity index (χ2v) is 29.8. The number of carbonyl (C=O) groups excluding carboxylic acids is 4. The topological polar surface area (TPSA) is 237 Å². The highest BCUT2D eigenvalue weighted by molar-refractivity contribution is 7.47. The number of phosphoric acid groups is 2. The fourth-order valence-corrected chi connectivity index (χ4v) is 12.5. The molecule has 0 aliphatic heterocycles. The molecular formula is C72H140O17P2. The maximum atomic E-state index is 13.1. The quantitative estimate of drug-likeness (QED) is 0.0222. The molecule has 5 atom stereocenters. The van der Waals surface area contributed by atoms with Crippen LogP contribution in [0.2, 0.25) is 0 Å². The molecular weight excluding hydrogens is 1200 g/mol. The number of aliphatic hydroxyl groups excluding tert-OH is 1. The number of ether oxygens (including phenoxy) is 4. The second-order valence-electron chi connectivity index (χ2n) is 26.9. The van der Waals surface area contributed by atoms with Gasteiger partial charge in [0.05, 0.1) is 26.4 Å². The number of carbonyl (C=O) groups is 4. The van der Waals surface area contributed by atoms with Crippen molar-refractivity contribution in [3.8, 4) is 0 Å². The van der Waals surface area contributed by atoms with Gasteiger partial charge < -0.3 is 33.8 Å². The Bertz CT molecular complexity index is 1770. The molecule has 0 bridgehead atoms. The van der Waals surface area contributed by atoms with Gasteiger partial charge in [-0.2, -0.15) is 0 Å². The maximum Gasteiger partial charge on any atom is 0.472 e. The van der Waals surface area contributed by atoms with Crippen molar-refractivity contribution in [2.24, 2.45) is 11.8 Å². The lowest BCUT2D eigenvalue weighted by atomic mass is 10.0. The van der Waals surface area contributed by atoms with Crippen LogP contribution in [0.4, 0.5) is 0 Å². The lowest BCUT2D eigenvalue weighted by Crippen LogP contribution is -2.30. The van der Waals surface area contributed by atoms with Gasteiger partial charge in [-0.3, -0.25) is 37.3 Å². The number of hydrogen-bond donors (Lipinski definition) is 3. The molecule has 0 radical (unpaired) electrons. The Morgan fingerprint density at radius 2 is 0.505 bits per heavy atom. The van der Waals surface area contributed by atoms with E-state index >= 15 is 0 Å². The first-order chi connectivity index (χ1) is 43.9. The van der Waals surface area contributed by atoms with E-state index in [9.17, 15) is 43.2 Å². The van der Waals surface area contributed by atoms with E-state index in [0.717, 1.165) is 102 Å².